The SMILES string of the molecule is C=CCCCCCCCCC=CCCCNc1ccccc1C#N. The van der Waals surface area contributed by atoms with E-state index in [9.17, 15) is 0 Å². The van der Waals surface area contributed by atoms with Crippen LogP contribution in [0.25, 0.3) is 0 Å². The molecule has 0 radical (unpaired) electrons. The van der Waals surface area contributed by atoms with E-state index in [0.717, 1.165) is 30.6 Å². The molecule has 1 rings (SSSR count). The van der Waals surface area contributed by atoms with Crippen LogP contribution in [0.4, 0.5) is 5.69 Å². The van der Waals surface area contributed by atoms with E-state index >= 15 is 0 Å². The van der Waals surface area contributed by atoms with Crippen LogP contribution in [-0.4, -0.2) is 6.54 Å². The lowest BCUT2D eigenvalue weighted by molar-refractivity contribution is 0.600. The van der Waals surface area contributed by atoms with E-state index in [1.165, 1.54) is 51.4 Å². The number of hydrogen-bond donors (Lipinski definition) is 1. The van der Waals surface area contributed by atoms with Gasteiger partial charge in [0.15, 0.2) is 0 Å². The van der Waals surface area contributed by atoms with Crippen LogP contribution in [0.2, 0.25) is 0 Å². The normalized spacial score (nSPS) is 10.6. The molecule has 1 aromatic carbocycles. The van der Waals surface area contributed by atoms with Crippen LogP contribution in [0.1, 0.15) is 69.8 Å². The summed E-state index contributed by atoms with van der Waals surface area (Å²) in [6.07, 6.45) is 19.3. The molecule has 0 bridgehead atoms. The van der Waals surface area contributed by atoms with E-state index in [1.807, 2.05) is 30.3 Å². The summed E-state index contributed by atoms with van der Waals surface area (Å²) in [6, 6.07) is 9.88. The van der Waals surface area contributed by atoms with Crippen molar-refractivity contribution in [2.45, 2.75) is 64.2 Å². The average Bonchev–Trinajstić information content (AvgIpc) is 2.62. The molecule has 1 aromatic rings. The summed E-state index contributed by atoms with van der Waals surface area (Å²) in [5.74, 6) is 0. The van der Waals surface area contributed by atoms with Gasteiger partial charge in [-0.25, -0.2) is 0 Å². The number of benzene rings is 1. The molecule has 0 aliphatic heterocycles. The molecular formula is C22H32N2. The fourth-order valence-electron chi connectivity index (χ4n) is 2.67. The summed E-state index contributed by atoms with van der Waals surface area (Å²) in [5.41, 5.74) is 1.66. The largest absolute Gasteiger partial charge is 0.384 e. The zero-order valence-electron chi connectivity index (χ0n) is 15.0. The van der Waals surface area contributed by atoms with Crippen LogP contribution in [0.3, 0.4) is 0 Å². The molecule has 0 spiro atoms. The Morgan fingerprint density at radius 1 is 0.875 bits per heavy atom. The summed E-state index contributed by atoms with van der Waals surface area (Å²) < 4.78 is 0. The van der Waals surface area contributed by atoms with Crippen LogP contribution in [0.15, 0.2) is 49.1 Å². The number of rotatable bonds is 14. The third kappa shape index (κ3) is 9.90. The number of unbranched alkanes of at least 4 members (excludes halogenated alkanes) is 8. The maximum atomic E-state index is 9.03. The number of hydrogen-bond acceptors (Lipinski definition) is 2. The second kappa shape index (κ2) is 14.6. The van der Waals surface area contributed by atoms with Crippen LogP contribution in [0, 0.1) is 11.3 Å². The van der Waals surface area contributed by atoms with Gasteiger partial charge in [0.1, 0.15) is 6.07 Å². The van der Waals surface area contributed by atoms with Gasteiger partial charge in [0.25, 0.3) is 0 Å². The number of para-hydroxylation sites is 1. The van der Waals surface area contributed by atoms with E-state index in [-0.39, 0.29) is 0 Å². The van der Waals surface area contributed by atoms with Crippen molar-refractivity contribution in [3.63, 3.8) is 0 Å². The van der Waals surface area contributed by atoms with Crippen molar-refractivity contribution in [3.8, 4) is 6.07 Å². The Hall–Kier alpha value is -2.01. The van der Waals surface area contributed by atoms with Gasteiger partial charge in [-0.3, -0.25) is 0 Å². The van der Waals surface area contributed by atoms with Crippen molar-refractivity contribution in [2.24, 2.45) is 0 Å². The maximum absolute atomic E-state index is 9.03. The van der Waals surface area contributed by atoms with E-state index in [1.54, 1.807) is 0 Å². The minimum atomic E-state index is 0.720. The standard InChI is InChI=1S/C22H32N2/c1-2-3-4-5-6-7-8-9-10-11-12-13-16-19-24-22-18-15-14-17-21(22)20-23/h2,11-12,14-15,17-18,24H,1,3-10,13,16,19H2. The summed E-state index contributed by atoms with van der Waals surface area (Å²) in [7, 11) is 0. The number of allylic oxidation sites excluding steroid dienone is 3. The van der Waals surface area contributed by atoms with Crippen molar-refractivity contribution < 1.29 is 0 Å². The number of nitrogens with one attached hydrogen (secondary N) is 1. The smallest absolute Gasteiger partial charge is 0.101 e. The second-order valence-electron chi connectivity index (χ2n) is 6.19. The molecule has 2 heteroatoms. The zero-order valence-corrected chi connectivity index (χ0v) is 15.0. The highest BCUT2D eigenvalue weighted by atomic mass is 14.9. The van der Waals surface area contributed by atoms with E-state index in [4.69, 9.17) is 5.26 Å². The van der Waals surface area contributed by atoms with Crippen LogP contribution in [0.5, 0.6) is 0 Å². The molecule has 0 aliphatic rings. The fourth-order valence-corrected chi connectivity index (χ4v) is 2.67. The van der Waals surface area contributed by atoms with Gasteiger partial charge in [-0.2, -0.15) is 5.26 Å². The first kappa shape index (κ1) is 20.0. The van der Waals surface area contributed by atoms with Gasteiger partial charge in [0, 0.05) is 6.54 Å². The van der Waals surface area contributed by atoms with Gasteiger partial charge in [-0.05, 0) is 50.7 Å². The molecule has 0 aromatic heterocycles. The average molecular weight is 325 g/mol. The van der Waals surface area contributed by atoms with E-state index in [2.05, 4.69) is 30.1 Å². The van der Waals surface area contributed by atoms with Crippen LogP contribution >= 0.6 is 0 Å². The third-order valence-electron chi connectivity index (χ3n) is 4.11. The van der Waals surface area contributed by atoms with Crippen molar-refractivity contribution in [1.82, 2.24) is 0 Å². The van der Waals surface area contributed by atoms with E-state index in [0.29, 0.717) is 0 Å². The third-order valence-corrected chi connectivity index (χ3v) is 4.11. The summed E-state index contributed by atoms with van der Waals surface area (Å²) in [5, 5.41) is 12.4. The van der Waals surface area contributed by atoms with Crippen molar-refractivity contribution in [2.75, 3.05) is 11.9 Å². The summed E-state index contributed by atoms with van der Waals surface area (Å²) >= 11 is 0. The zero-order chi connectivity index (χ0) is 17.3. The van der Waals surface area contributed by atoms with Crippen molar-refractivity contribution in [1.29, 1.82) is 5.26 Å². The molecule has 0 heterocycles. The first-order valence-electron chi connectivity index (χ1n) is 9.37. The van der Waals surface area contributed by atoms with Gasteiger partial charge in [0.2, 0.25) is 0 Å². The minimum absolute atomic E-state index is 0.720. The van der Waals surface area contributed by atoms with Crippen LogP contribution in [-0.2, 0) is 0 Å². The number of anilines is 1. The lowest BCUT2D eigenvalue weighted by atomic mass is 10.1. The first-order valence-corrected chi connectivity index (χ1v) is 9.37. The molecule has 0 saturated carbocycles. The van der Waals surface area contributed by atoms with E-state index < -0.39 is 0 Å². The molecule has 2 nitrogen and oxygen atoms in total. The molecule has 1 N–H and O–H groups in total. The van der Waals surface area contributed by atoms with Gasteiger partial charge in [-0.15, -0.1) is 6.58 Å². The number of nitrogens with zero attached hydrogens (tertiary/aromatic N) is 1. The van der Waals surface area contributed by atoms with Gasteiger partial charge >= 0.3 is 0 Å². The first-order chi connectivity index (χ1) is 11.9. The molecule has 130 valence electrons. The summed E-state index contributed by atoms with van der Waals surface area (Å²) in [6.45, 7) is 4.66. The molecule has 0 aliphatic carbocycles. The molecule has 0 unspecified atom stereocenters. The molecule has 24 heavy (non-hydrogen) atoms. The van der Waals surface area contributed by atoms with Gasteiger partial charge < -0.3 is 5.32 Å². The topological polar surface area (TPSA) is 35.8 Å². The molecule has 0 atom stereocenters. The highest BCUT2D eigenvalue weighted by Gasteiger charge is 1.98. The molecule has 0 amide bonds. The number of nitriles is 1. The predicted octanol–water partition coefficient (Wildman–Crippen LogP) is 6.61. The van der Waals surface area contributed by atoms with Gasteiger partial charge in [0.05, 0.1) is 11.3 Å². The Bertz CT molecular complexity index is 511. The Balaban J connectivity index is 1.93. The monoisotopic (exact) mass is 324 g/mol. The Labute approximate surface area is 148 Å². The fraction of sp³-hybridized carbons (Fsp3) is 0.500. The quantitative estimate of drug-likeness (QED) is 0.308. The predicted molar refractivity (Wildman–Crippen MR) is 105 cm³/mol. The Kier molecular flexibility index (Phi) is 12.2. The van der Waals surface area contributed by atoms with Gasteiger partial charge in [-0.1, -0.05) is 56.0 Å². The molecule has 0 saturated heterocycles. The highest BCUT2D eigenvalue weighted by Crippen LogP contribution is 2.13. The minimum Gasteiger partial charge on any atom is -0.384 e. The lowest BCUT2D eigenvalue weighted by Crippen LogP contribution is -2.02. The lowest BCUT2D eigenvalue weighted by Gasteiger charge is -2.06. The molecule has 0 fully saturated rings. The summed E-state index contributed by atoms with van der Waals surface area (Å²) in [4.78, 5) is 0. The van der Waals surface area contributed by atoms with Crippen LogP contribution < -0.4 is 5.32 Å². The highest BCUT2D eigenvalue weighted by molar-refractivity contribution is 5.56. The Morgan fingerprint density at radius 2 is 1.50 bits per heavy atom. The van der Waals surface area contributed by atoms with Crippen molar-refractivity contribution in [3.05, 3.63) is 54.6 Å². The maximum Gasteiger partial charge on any atom is 0.101 e. The Morgan fingerprint density at radius 3 is 2.21 bits per heavy atom. The second-order valence-corrected chi connectivity index (χ2v) is 6.19. The molecular weight excluding hydrogens is 292 g/mol. The van der Waals surface area contributed by atoms with Crippen molar-refractivity contribution >= 4 is 5.69 Å².